The first-order chi connectivity index (χ1) is 28.1. The molecule has 58 heavy (non-hydrogen) atoms. The Hall–Kier alpha value is -6.02. The van der Waals surface area contributed by atoms with Crippen LogP contribution in [0.1, 0.15) is 70.4 Å². The molecule has 6 rings (SSSR count). The molecule has 4 amide bonds. The second-order valence-electron chi connectivity index (χ2n) is 14.0. The quantitative estimate of drug-likeness (QED) is 0.120. The molecule has 0 unspecified atom stereocenters. The Balaban J connectivity index is 0.000000221. The van der Waals surface area contributed by atoms with Gasteiger partial charge in [0.25, 0.3) is 0 Å². The summed E-state index contributed by atoms with van der Waals surface area (Å²) in [4.78, 5) is 56.6. The van der Waals surface area contributed by atoms with Crippen molar-refractivity contribution in [2.75, 3.05) is 63.9 Å². The first-order valence-corrected chi connectivity index (χ1v) is 19.4. The van der Waals surface area contributed by atoms with Crippen molar-refractivity contribution < 1.29 is 42.2 Å². The number of halogens is 2. The number of amides is 4. The third-order valence-corrected chi connectivity index (χ3v) is 10.1. The fourth-order valence-corrected chi connectivity index (χ4v) is 6.84. The van der Waals surface area contributed by atoms with Crippen LogP contribution >= 0.6 is 0 Å². The number of Topliss-reactive ketones (excluding diaryl/α,β-unsaturated/α-hetero) is 1. The lowest BCUT2D eigenvalue weighted by atomic mass is 10.1. The van der Waals surface area contributed by atoms with Gasteiger partial charge < -0.3 is 29.7 Å². The summed E-state index contributed by atoms with van der Waals surface area (Å²) in [6, 6.07) is 22.3. The molecule has 0 aromatic heterocycles. The molecule has 4 aromatic rings. The number of hydrogen-bond donors (Lipinski definition) is 1. The molecule has 4 aromatic carbocycles. The molecule has 2 heterocycles. The number of urea groups is 2. The first kappa shape index (κ1) is 43.1. The lowest BCUT2D eigenvalue weighted by Gasteiger charge is -2.33. The molecule has 0 aliphatic carbocycles. The maximum atomic E-state index is 14.7. The summed E-state index contributed by atoms with van der Waals surface area (Å²) in [6.07, 6.45) is 6.05. The second kappa shape index (κ2) is 20.9. The van der Waals surface area contributed by atoms with Crippen molar-refractivity contribution in [3.05, 3.63) is 119 Å². The normalized spacial score (nSPS) is 13.8. The van der Waals surface area contributed by atoms with Gasteiger partial charge in [-0.15, -0.1) is 0 Å². The van der Waals surface area contributed by atoms with Crippen molar-refractivity contribution in [1.29, 1.82) is 0 Å². The molecule has 2 fully saturated rings. The summed E-state index contributed by atoms with van der Waals surface area (Å²) in [5, 5.41) is 0. The summed E-state index contributed by atoms with van der Waals surface area (Å²) >= 11 is 0. The minimum absolute atomic E-state index is 0.0375. The molecular formula is C44H51F2N5O7. The van der Waals surface area contributed by atoms with Crippen molar-refractivity contribution in [1.82, 2.24) is 9.80 Å². The topological polar surface area (TPSA) is 135 Å². The summed E-state index contributed by atoms with van der Waals surface area (Å²) in [6.45, 7) is 2.65. The number of nitrogens with zero attached hydrogens (tertiary/aromatic N) is 4. The van der Waals surface area contributed by atoms with Crippen LogP contribution in [0.5, 0.6) is 11.5 Å². The maximum absolute atomic E-state index is 14.7. The molecule has 2 saturated heterocycles. The van der Waals surface area contributed by atoms with Gasteiger partial charge in [-0.25, -0.2) is 23.2 Å². The number of carbonyl (C=O) groups excluding carboxylic acids is 4. The van der Waals surface area contributed by atoms with Gasteiger partial charge in [-0.1, -0.05) is 30.3 Å². The van der Waals surface area contributed by atoms with Crippen molar-refractivity contribution in [2.24, 2.45) is 5.73 Å². The Morgan fingerprint density at radius 1 is 0.603 bits per heavy atom. The largest absolute Gasteiger partial charge is 0.497 e. The van der Waals surface area contributed by atoms with Crippen LogP contribution < -0.4 is 25.0 Å². The fraction of sp³-hybridized carbons (Fsp3) is 0.364. The SMILES string of the molecule is COC(=O)c1ccc(CN(C(=O)N2CCCCC2)c2cccc(OC)c2)c(F)c1.COc1cccc(N(Cc2ccc(C(=O)CN)cc2F)C(=O)N2CCCCC2)c1. The Labute approximate surface area is 338 Å². The van der Waals surface area contributed by atoms with Gasteiger partial charge in [-0.2, -0.15) is 0 Å². The van der Waals surface area contributed by atoms with Crippen LogP contribution in [0, 0.1) is 11.6 Å². The van der Waals surface area contributed by atoms with Crippen molar-refractivity contribution in [3.8, 4) is 11.5 Å². The third-order valence-electron chi connectivity index (χ3n) is 10.1. The van der Waals surface area contributed by atoms with Gasteiger partial charge in [0.05, 0.1) is 46.5 Å². The average molecular weight is 800 g/mol. The average Bonchev–Trinajstić information content (AvgIpc) is 3.28. The monoisotopic (exact) mass is 799 g/mol. The number of hydrogen-bond acceptors (Lipinski definition) is 8. The number of benzene rings is 4. The molecule has 0 bridgehead atoms. The lowest BCUT2D eigenvalue weighted by molar-refractivity contribution is 0.0600. The summed E-state index contributed by atoms with van der Waals surface area (Å²) in [5.74, 6) is -0.811. The Morgan fingerprint density at radius 2 is 1.03 bits per heavy atom. The van der Waals surface area contributed by atoms with Gasteiger partial charge in [-0.05, 0) is 81.0 Å². The molecule has 0 saturated carbocycles. The van der Waals surface area contributed by atoms with E-state index in [1.54, 1.807) is 88.4 Å². The van der Waals surface area contributed by atoms with Crippen LogP contribution in [0.2, 0.25) is 0 Å². The molecule has 2 aliphatic rings. The zero-order chi connectivity index (χ0) is 41.6. The summed E-state index contributed by atoms with van der Waals surface area (Å²) < 4.78 is 44.6. The van der Waals surface area contributed by atoms with E-state index in [4.69, 9.17) is 15.2 Å². The number of rotatable bonds is 11. The van der Waals surface area contributed by atoms with E-state index in [1.807, 2.05) is 0 Å². The highest BCUT2D eigenvalue weighted by atomic mass is 19.1. The minimum Gasteiger partial charge on any atom is -0.497 e. The van der Waals surface area contributed by atoms with E-state index in [2.05, 4.69) is 4.74 Å². The van der Waals surface area contributed by atoms with Gasteiger partial charge in [0, 0.05) is 66.4 Å². The number of ketones is 1. The van der Waals surface area contributed by atoms with E-state index in [1.165, 1.54) is 31.4 Å². The van der Waals surface area contributed by atoms with Gasteiger partial charge in [-0.3, -0.25) is 14.6 Å². The van der Waals surface area contributed by atoms with Crippen LogP contribution in [0.15, 0.2) is 84.9 Å². The molecule has 2 N–H and O–H groups in total. The zero-order valence-corrected chi connectivity index (χ0v) is 33.3. The number of piperidine rings is 2. The molecule has 12 nitrogen and oxygen atoms in total. The van der Waals surface area contributed by atoms with E-state index < -0.39 is 17.6 Å². The molecular weight excluding hydrogens is 749 g/mol. The Morgan fingerprint density at radius 3 is 1.43 bits per heavy atom. The highest BCUT2D eigenvalue weighted by Crippen LogP contribution is 2.28. The summed E-state index contributed by atoms with van der Waals surface area (Å²) in [7, 11) is 4.36. The van der Waals surface area contributed by atoms with Crippen molar-refractivity contribution in [2.45, 2.75) is 51.6 Å². The molecule has 0 spiro atoms. The second-order valence-corrected chi connectivity index (χ2v) is 14.0. The smallest absolute Gasteiger partial charge is 0.337 e. The van der Waals surface area contributed by atoms with E-state index in [-0.39, 0.29) is 48.6 Å². The third kappa shape index (κ3) is 11.1. The number of methoxy groups -OCH3 is 3. The highest BCUT2D eigenvalue weighted by molar-refractivity contribution is 5.97. The molecule has 2 aliphatic heterocycles. The molecule has 308 valence electrons. The Kier molecular flexibility index (Phi) is 15.6. The zero-order valence-electron chi connectivity index (χ0n) is 33.3. The van der Waals surface area contributed by atoms with Gasteiger partial charge in [0.1, 0.15) is 23.1 Å². The van der Waals surface area contributed by atoms with E-state index >= 15 is 0 Å². The number of esters is 1. The van der Waals surface area contributed by atoms with Crippen LogP contribution in [-0.4, -0.2) is 87.7 Å². The van der Waals surface area contributed by atoms with Gasteiger partial charge in [0.2, 0.25) is 0 Å². The predicted octanol–water partition coefficient (Wildman–Crippen LogP) is 7.82. The van der Waals surface area contributed by atoms with E-state index in [0.29, 0.717) is 60.2 Å². The minimum atomic E-state index is -0.607. The molecule has 14 heteroatoms. The molecule has 0 radical (unpaired) electrons. The van der Waals surface area contributed by atoms with Crippen LogP contribution in [0.3, 0.4) is 0 Å². The van der Waals surface area contributed by atoms with E-state index in [0.717, 1.165) is 44.6 Å². The number of carbonyl (C=O) groups is 4. The van der Waals surface area contributed by atoms with E-state index in [9.17, 15) is 28.0 Å². The van der Waals surface area contributed by atoms with Crippen molar-refractivity contribution >= 4 is 35.2 Å². The predicted molar refractivity (Wildman–Crippen MR) is 218 cm³/mol. The number of likely N-dealkylation sites (tertiary alicyclic amines) is 2. The van der Waals surface area contributed by atoms with Crippen molar-refractivity contribution in [3.63, 3.8) is 0 Å². The highest BCUT2D eigenvalue weighted by Gasteiger charge is 2.27. The van der Waals surface area contributed by atoms with Crippen LogP contribution in [0.25, 0.3) is 0 Å². The first-order valence-electron chi connectivity index (χ1n) is 19.4. The maximum Gasteiger partial charge on any atom is 0.337 e. The standard InChI is InChI=1S/C22H26FN3O3.C22H25FN2O4/c1-29-19-7-5-6-18(13-19)26(22(28)25-10-3-2-4-11-25)15-17-9-8-16(12-20(17)23)21(27)14-24;1-28-19-8-6-7-18(14-19)25(22(27)24-11-4-3-5-12-24)15-17-10-9-16(13-20(17)23)21(26)29-2/h5-9,12-13H,2-4,10-11,14-15,24H2,1H3;6-10,13-14H,3-5,11-12,15H2,1-2H3. The number of anilines is 2. The lowest BCUT2D eigenvalue weighted by Crippen LogP contribution is -2.45. The Bertz CT molecular complexity index is 1910. The van der Waals surface area contributed by atoms with Crippen LogP contribution in [-0.2, 0) is 17.8 Å². The molecule has 0 atom stereocenters. The number of ether oxygens (including phenoxy) is 3. The number of nitrogens with two attached hydrogens (primary N) is 1. The van der Waals surface area contributed by atoms with Gasteiger partial charge in [0.15, 0.2) is 5.78 Å². The van der Waals surface area contributed by atoms with Crippen LogP contribution in [0.4, 0.5) is 29.7 Å². The fourth-order valence-electron chi connectivity index (χ4n) is 6.84. The summed E-state index contributed by atoms with van der Waals surface area (Å²) in [5.41, 5.74) is 7.60. The van der Waals surface area contributed by atoms with Gasteiger partial charge >= 0.3 is 18.0 Å².